The summed E-state index contributed by atoms with van der Waals surface area (Å²) in [5.41, 5.74) is 0. The van der Waals surface area contributed by atoms with Crippen LogP contribution >= 0.6 is 0 Å². The lowest BCUT2D eigenvalue weighted by Gasteiger charge is -2.28. The molecule has 0 fully saturated rings. The summed E-state index contributed by atoms with van der Waals surface area (Å²) < 4.78 is 5.38. The number of hydrogen-bond donors (Lipinski definition) is 0. The van der Waals surface area contributed by atoms with Gasteiger partial charge < -0.3 is 4.74 Å². The van der Waals surface area contributed by atoms with Crippen molar-refractivity contribution in [3.05, 3.63) is 0 Å². The van der Waals surface area contributed by atoms with Gasteiger partial charge in [0.1, 0.15) is 5.78 Å². The molecule has 0 aliphatic heterocycles. The van der Waals surface area contributed by atoms with Gasteiger partial charge in [-0.3, -0.25) is 9.59 Å². The molecule has 2 unspecified atom stereocenters. The van der Waals surface area contributed by atoms with E-state index in [1.165, 1.54) is 0 Å². The number of Topliss-reactive ketones (excluding diaryl/α,β-unsaturated/α-hetero) is 1. The molecule has 0 aliphatic carbocycles. The third-order valence-corrected chi connectivity index (χ3v) is 3.35. The molecule has 0 heterocycles. The summed E-state index contributed by atoms with van der Waals surface area (Å²) in [5.74, 6) is 0.253. The molecule has 0 rings (SSSR count). The summed E-state index contributed by atoms with van der Waals surface area (Å²) >= 11 is 0. The van der Waals surface area contributed by atoms with Crippen molar-refractivity contribution in [2.75, 3.05) is 0 Å². The van der Waals surface area contributed by atoms with Crippen LogP contribution in [0.1, 0.15) is 67.7 Å². The van der Waals surface area contributed by atoms with Crippen molar-refractivity contribution in [1.82, 2.24) is 0 Å². The normalized spacial score (nSPS) is 14.7. The van der Waals surface area contributed by atoms with Gasteiger partial charge in [0.2, 0.25) is 0 Å². The molecule has 0 radical (unpaired) electrons. The van der Waals surface area contributed by atoms with E-state index in [1.54, 1.807) is 0 Å². The fourth-order valence-corrected chi connectivity index (χ4v) is 2.54. The van der Waals surface area contributed by atoms with Crippen molar-refractivity contribution in [2.45, 2.75) is 73.8 Å². The van der Waals surface area contributed by atoms with E-state index in [-0.39, 0.29) is 29.7 Å². The lowest BCUT2D eigenvalue weighted by atomic mass is 9.77. The number of esters is 1. The predicted octanol–water partition coefficient (Wildman–Crippen LogP) is 4.24. The van der Waals surface area contributed by atoms with Crippen LogP contribution < -0.4 is 0 Å². The Morgan fingerprint density at radius 3 is 1.65 bits per heavy atom. The van der Waals surface area contributed by atoms with Crippen molar-refractivity contribution in [1.29, 1.82) is 0 Å². The zero-order valence-corrected chi connectivity index (χ0v) is 14.2. The van der Waals surface area contributed by atoms with Crippen LogP contribution in [0.15, 0.2) is 0 Å². The maximum Gasteiger partial charge on any atom is 0.309 e. The Hall–Kier alpha value is -0.860. The Morgan fingerprint density at radius 1 is 0.850 bits per heavy atom. The maximum atomic E-state index is 12.4. The van der Waals surface area contributed by atoms with Crippen molar-refractivity contribution in [3.63, 3.8) is 0 Å². The maximum absolute atomic E-state index is 12.4. The van der Waals surface area contributed by atoms with Gasteiger partial charge >= 0.3 is 5.97 Å². The molecule has 0 saturated heterocycles. The fourth-order valence-electron chi connectivity index (χ4n) is 2.54. The van der Waals surface area contributed by atoms with Crippen LogP contribution in [0.4, 0.5) is 0 Å². The number of ether oxygens (including phenoxy) is 1. The molecule has 20 heavy (non-hydrogen) atoms. The molecular formula is C17H32O3. The van der Waals surface area contributed by atoms with Crippen molar-refractivity contribution < 1.29 is 14.3 Å². The average Bonchev–Trinajstić information content (AvgIpc) is 2.30. The Kier molecular flexibility index (Phi) is 8.75. The summed E-state index contributed by atoms with van der Waals surface area (Å²) in [6.45, 7) is 13.9. The predicted molar refractivity (Wildman–Crippen MR) is 82.4 cm³/mol. The van der Waals surface area contributed by atoms with Crippen molar-refractivity contribution in [3.8, 4) is 0 Å². The van der Waals surface area contributed by atoms with E-state index in [9.17, 15) is 9.59 Å². The molecular weight excluding hydrogens is 252 g/mol. The molecule has 0 aromatic rings. The minimum atomic E-state index is -0.299. The van der Waals surface area contributed by atoms with Gasteiger partial charge in [0.25, 0.3) is 0 Å². The highest BCUT2D eigenvalue weighted by Gasteiger charge is 2.35. The van der Waals surface area contributed by atoms with Crippen LogP contribution in [0.5, 0.6) is 0 Å². The highest BCUT2D eigenvalue weighted by molar-refractivity contribution is 5.86. The minimum absolute atomic E-state index is 0.131. The van der Waals surface area contributed by atoms with Gasteiger partial charge in [-0.2, -0.15) is 0 Å². The Labute approximate surface area is 124 Å². The largest absolute Gasteiger partial charge is 0.463 e. The van der Waals surface area contributed by atoms with Crippen LogP contribution in [0.2, 0.25) is 0 Å². The van der Waals surface area contributed by atoms with Gasteiger partial charge in [0.15, 0.2) is 0 Å². The first-order valence-corrected chi connectivity index (χ1v) is 7.92. The average molecular weight is 284 g/mol. The van der Waals surface area contributed by atoms with E-state index >= 15 is 0 Å². The second-order valence-electron chi connectivity index (χ2n) is 6.78. The van der Waals surface area contributed by atoms with E-state index in [2.05, 4.69) is 27.7 Å². The van der Waals surface area contributed by atoms with Gasteiger partial charge in [0.05, 0.1) is 12.0 Å². The lowest BCUT2D eigenvalue weighted by Crippen LogP contribution is -2.34. The van der Waals surface area contributed by atoms with Crippen LogP contribution in [-0.4, -0.2) is 17.9 Å². The zero-order valence-electron chi connectivity index (χ0n) is 14.2. The van der Waals surface area contributed by atoms with Crippen LogP contribution in [0.25, 0.3) is 0 Å². The molecule has 0 aliphatic rings. The Balaban J connectivity index is 5.18. The fraction of sp³-hybridized carbons (Fsp3) is 0.882. The second-order valence-corrected chi connectivity index (χ2v) is 6.78. The van der Waals surface area contributed by atoms with Gasteiger partial charge in [-0.05, 0) is 38.5 Å². The first-order valence-electron chi connectivity index (χ1n) is 7.92. The molecule has 0 aromatic heterocycles. The monoisotopic (exact) mass is 284 g/mol. The molecule has 0 saturated carbocycles. The number of rotatable bonds is 9. The molecule has 3 heteroatoms. The van der Waals surface area contributed by atoms with Crippen LogP contribution in [0, 0.1) is 23.7 Å². The summed E-state index contributed by atoms with van der Waals surface area (Å²) in [5, 5.41) is 0. The molecule has 0 N–H and O–H groups in total. The first-order chi connectivity index (χ1) is 9.18. The molecule has 0 spiro atoms. The van der Waals surface area contributed by atoms with E-state index in [0.717, 1.165) is 6.42 Å². The van der Waals surface area contributed by atoms with Crippen LogP contribution in [-0.2, 0) is 14.3 Å². The summed E-state index contributed by atoms with van der Waals surface area (Å²) in [6.07, 6.45) is 1.83. The molecule has 118 valence electrons. The summed E-state index contributed by atoms with van der Waals surface area (Å²) in [7, 11) is 0. The van der Waals surface area contributed by atoms with Crippen molar-refractivity contribution >= 4 is 11.8 Å². The molecule has 0 amide bonds. The minimum Gasteiger partial charge on any atom is -0.463 e. The molecule has 0 bridgehead atoms. The van der Waals surface area contributed by atoms with E-state index in [1.807, 2.05) is 20.8 Å². The Morgan fingerprint density at radius 2 is 1.30 bits per heavy atom. The van der Waals surface area contributed by atoms with Gasteiger partial charge in [-0.25, -0.2) is 0 Å². The topological polar surface area (TPSA) is 43.4 Å². The van der Waals surface area contributed by atoms with Crippen LogP contribution in [0.3, 0.4) is 0 Å². The number of carbonyl (C=O) groups is 2. The highest BCUT2D eigenvalue weighted by atomic mass is 16.5. The number of carbonyl (C=O) groups excluding carboxylic acids is 2. The lowest BCUT2D eigenvalue weighted by molar-refractivity contribution is -0.157. The highest BCUT2D eigenvalue weighted by Crippen LogP contribution is 2.29. The van der Waals surface area contributed by atoms with Crippen molar-refractivity contribution in [2.24, 2.45) is 23.7 Å². The molecule has 0 aromatic carbocycles. The Bertz CT molecular complexity index is 305. The number of ketones is 1. The van der Waals surface area contributed by atoms with E-state index in [0.29, 0.717) is 24.7 Å². The third kappa shape index (κ3) is 7.06. The van der Waals surface area contributed by atoms with Gasteiger partial charge in [-0.15, -0.1) is 0 Å². The zero-order chi connectivity index (χ0) is 15.9. The standard InChI is InChI=1S/C17H32O3/c1-8-16(18)14(9-11(2)3)15(10-12(4)5)17(19)20-13(6)7/h11-15H,8-10H2,1-7H3. The number of hydrogen-bond acceptors (Lipinski definition) is 3. The second kappa shape index (κ2) is 9.15. The van der Waals surface area contributed by atoms with E-state index < -0.39 is 0 Å². The molecule has 2 atom stereocenters. The SMILES string of the molecule is CCC(=O)C(CC(C)C)C(CC(C)C)C(=O)OC(C)C. The van der Waals surface area contributed by atoms with Gasteiger partial charge in [0, 0.05) is 12.3 Å². The van der Waals surface area contributed by atoms with Gasteiger partial charge in [-0.1, -0.05) is 34.6 Å². The summed E-state index contributed by atoms with van der Waals surface area (Å²) in [6, 6.07) is 0. The summed E-state index contributed by atoms with van der Waals surface area (Å²) in [4.78, 5) is 24.6. The quantitative estimate of drug-likeness (QED) is 0.595. The molecule has 3 nitrogen and oxygen atoms in total. The third-order valence-electron chi connectivity index (χ3n) is 3.35. The smallest absolute Gasteiger partial charge is 0.309 e. The van der Waals surface area contributed by atoms with E-state index in [4.69, 9.17) is 4.74 Å². The first kappa shape index (κ1) is 19.1.